The van der Waals surface area contributed by atoms with E-state index in [2.05, 4.69) is 0 Å². The van der Waals surface area contributed by atoms with Gasteiger partial charge in [0.1, 0.15) is 0 Å². The Morgan fingerprint density at radius 3 is 0.857 bits per heavy atom. The van der Waals surface area contributed by atoms with Gasteiger partial charge in [-0.1, -0.05) is 0 Å². The predicted molar refractivity (Wildman–Crippen MR) is 5.75 cm³/mol. The third-order valence-electron chi connectivity index (χ3n) is 0. The van der Waals surface area contributed by atoms with Crippen LogP contribution in [0.15, 0.2) is 0 Å². The molecule has 0 aromatic carbocycles. The fourth-order valence-electron chi connectivity index (χ4n) is 0. The predicted octanol–water partition coefficient (Wildman–Crippen LogP) is -5.14. The maximum atomic E-state index is 8.58. The summed E-state index contributed by atoms with van der Waals surface area (Å²) in [6, 6.07) is 0. The summed E-state index contributed by atoms with van der Waals surface area (Å²) in [6.45, 7) is 0. The maximum absolute atomic E-state index is 8.58. The maximum Gasteiger partial charge on any atom is 4.00 e. The Labute approximate surface area is 72.7 Å². The molecule has 0 aliphatic rings. The van der Waals surface area contributed by atoms with Crippen LogP contribution >= 0.6 is 0 Å². The summed E-state index contributed by atoms with van der Waals surface area (Å²) < 4.78 is 0. The van der Waals surface area contributed by atoms with Crippen LogP contribution in [0.5, 0.6) is 0 Å². The summed E-state index contributed by atoms with van der Waals surface area (Å²) >= 11 is 0. The molecule has 7 heavy (non-hydrogen) atoms. The van der Waals surface area contributed by atoms with Gasteiger partial charge >= 0.3 is 26.2 Å². The van der Waals surface area contributed by atoms with E-state index < -0.39 is 9.05 Å². The van der Waals surface area contributed by atoms with Crippen LogP contribution in [-0.4, -0.2) is 9.05 Å². The van der Waals surface area contributed by atoms with Crippen LogP contribution < -0.4 is 19.2 Å². The van der Waals surface area contributed by atoms with Crippen LogP contribution in [0, 0.1) is 0 Å². The van der Waals surface area contributed by atoms with E-state index in [1.54, 1.807) is 0 Å². The molecule has 0 fully saturated rings. The molecule has 0 N–H and O–H groups in total. The summed E-state index contributed by atoms with van der Waals surface area (Å²) in [5.41, 5.74) is 0. The molecular formula is O4SiVZr. The van der Waals surface area contributed by atoms with E-state index in [0.717, 1.165) is 0 Å². The quantitative estimate of drug-likeness (QED) is 0.392. The van der Waals surface area contributed by atoms with Crippen LogP contribution in [-0.2, 0) is 44.8 Å². The first kappa shape index (κ1) is 15.8. The van der Waals surface area contributed by atoms with Crippen molar-refractivity contribution in [1.82, 2.24) is 0 Å². The molecule has 1 radical (unpaired) electrons. The summed E-state index contributed by atoms with van der Waals surface area (Å²) in [6.07, 6.45) is 0. The van der Waals surface area contributed by atoms with E-state index in [1.165, 1.54) is 0 Å². The molecule has 0 aromatic heterocycles. The first-order valence-electron chi connectivity index (χ1n) is 0.816. The van der Waals surface area contributed by atoms with Crippen LogP contribution in [0.1, 0.15) is 0 Å². The Morgan fingerprint density at radius 2 is 0.857 bits per heavy atom. The fraction of sp³-hybridized carbons (Fsp3) is 0. The Kier molecular flexibility index (Phi) is 12.8. The molecular weight excluding hydrogens is 234 g/mol. The standard InChI is InChI=1S/O4Si.V.Zr/c1-5(2,3)4;;/q-4;;+4. The number of hydrogen-bond acceptors (Lipinski definition) is 4. The molecule has 37 valence electrons. The third kappa shape index (κ3) is 98.8. The van der Waals surface area contributed by atoms with Crippen molar-refractivity contribution in [2.45, 2.75) is 0 Å². The van der Waals surface area contributed by atoms with Crippen LogP contribution in [0.4, 0.5) is 0 Å². The summed E-state index contributed by atoms with van der Waals surface area (Å²) in [5, 5.41) is 0. The molecule has 0 atom stereocenters. The van der Waals surface area contributed by atoms with Crippen LogP contribution in [0.3, 0.4) is 0 Å². The normalized spacial score (nSPS) is 8.57. The van der Waals surface area contributed by atoms with Gasteiger partial charge in [0.25, 0.3) is 0 Å². The zero-order valence-corrected chi connectivity index (χ0v) is 7.93. The van der Waals surface area contributed by atoms with Crippen molar-refractivity contribution in [3.63, 3.8) is 0 Å². The van der Waals surface area contributed by atoms with E-state index in [9.17, 15) is 0 Å². The second-order valence-electron chi connectivity index (χ2n) is 0.500. The molecule has 0 amide bonds. The van der Waals surface area contributed by atoms with E-state index >= 15 is 0 Å². The SMILES string of the molecule is [O-][Si]([O-])([O-])[O-].[V].[Zr+4]. The van der Waals surface area contributed by atoms with Gasteiger partial charge in [0.15, 0.2) is 0 Å². The third-order valence-corrected chi connectivity index (χ3v) is 0. The van der Waals surface area contributed by atoms with E-state index in [1.807, 2.05) is 0 Å². The molecule has 0 rings (SSSR count). The van der Waals surface area contributed by atoms with Gasteiger partial charge in [-0.25, -0.2) is 0 Å². The number of rotatable bonds is 0. The fourth-order valence-corrected chi connectivity index (χ4v) is 0. The largest absolute Gasteiger partial charge is 4.00 e. The smallest absolute Gasteiger partial charge is 0.894 e. The second kappa shape index (κ2) is 5.66. The molecule has 4 nitrogen and oxygen atoms in total. The van der Waals surface area contributed by atoms with Crippen molar-refractivity contribution in [1.29, 1.82) is 0 Å². The van der Waals surface area contributed by atoms with Crippen LogP contribution in [0.25, 0.3) is 0 Å². The zero-order valence-electron chi connectivity index (χ0n) is 3.08. The van der Waals surface area contributed by atoms with Crippen molar-refractivity contribution in [2.24, 2.45) is 0 Å². The molecule has 7 heteroatoms. The first-order chi connectivity index (χ1) is 2.00. The Balaban J connectivity index is -0.0000000800. The Morgan fingerprint density at radius 1 is 0.857 bits per heavy atom. The molecule has 0 saturated heterocycles. The summed E-state index contributed by atoms with van der Waals surface area (Å²) in [5.74, 6) is 0. The monoisotopic (exact) mass is 233 g/mol. The van der Waals surface area contributed by atoms with Gasteiger partial charge in [0.2, 0.25) is 0 Å². The molecule has 0 heterocycles. The van der Waals surface area contributed by atoms with Crippen molar-refractivity contribution < 1.29 is 63.9 Å². The molecule has 0 saturated carbocycles. The van der Waals surface area contributed by atoms with Gasteiger partial charge < -0.3 is 28.2 Å². The van der Waals surface area contributed by atoms with Gasteiger partial charge in [0, 0.05) is 18.6 Å². The van der Waals surface area contributed by atoms with Crippen molar-refractivity contribution in [3.8, 4) is 0 Å². The average molecular weight is 234 g/mol. The van der Waals surface area contributed by atoms with Gasteiger partial charge in [-0.2, -0.15) is 0 Å². The minimum atomic E-state index is -5.61. The minimum Gasteiger partial charge on any atom is -0.894 e. The van der Waals surface area contributed by atoms with Crippen molar-refractivity contribution in [3.05, 3.63) is 0 Å². The van der Waals surface area contributed by atoms with Crippen molar-refractivity contribution in [2.75, 3.05) is 0 Å². The topological polar surface area (TPSA) is 92.2 Å². The molecule has 0 unspecified atom stereocenters. The average Bonchev–Trinajstić information content (AvgIpc) is 0.722. The van der Waals surface area contributed by atoms with Gasteiger partial charge in [-0.15, -0.1) is 0 Å². The van der Waals surface area contributed by atoms with E-state index in [0.29, 0.717) is 0 Å². The molecule has 0 bridgehead atoms. The number of hydrogen-bond donors (Lipinski definition) is 0. The van der Waals surface area contributed by atoms with Crippen LogP contribution in [0.2, 0.25) is 0 Å². The van der Waals surface area contributed by atoms with E-state index in [-0.39, 0.29) is 44.8 Å². The van der Waals surface area contributed by atoms with E-state index in [4.69, 9.17) is 19.2 Å². The molecule has 0 aromatic rings. The Hall–Kier alpha value is 1.52. The Bertz CT molecular complexity index is 27.2. The first-order valence-corrected chi connectivity index (χ1v) is 2.45. The van der Waals surface area contributed by atoms with Gasteiger partial charge in [-0.3, -0.25) is 0 Å². The van der Waals surface area contributed by atoms with Gasteiger partial charge in [-0.05, 0) is 0 Å². The summed E-state index contributed by atoms with van der Waals surface area (Å²) in [7, 11) is -5.61. The van der Waals surface area contributed by atoms with Gasteiger partial charge in [0.05, 0.1) is 0 Å². The second-order valence-corrected chi connectivity index (χ2v) is 1.50. The molecule has 0 spiro atoms. The van der Waals surface area contributed by atoms with Crippen molar-refractivity contribution >= 4 is 9.05 Å². The minimum absolute atomic E-state index is 0. The summed E-state index contributed by atoms with van der Waals surface area (Å²) in [4.78, 5) is 34.3. The molecule has 0 aliphatic heterocycles. The zero-order chi connectivity index (χ0) is 4.50. The molecule has 0 aliphatic carbocycles.